The summed E-state index contributed by atoms with van der Waals surface area (Å²) >= 11 is 0. The average Bonchev–Trinajstić information content (AvgIpc) is 2.43. The summed E-state index contributed by atoms with van der Waals surface area (Å²) in [4.78, 5) is 10.7. The van der Waals surface area contributed by atoms with Crippen molar-refractivity contribution in [2.45, 2.75) is 0 Å². The SMILES string of the molecule is O=c1ccc2ccccc2o1.Oc1ccccc1O. The van der Waals surface area contributed by atoms with E-state index in [9.17, 15) is 4.79 Å². The highest BCUT2D eigenvalue weighted by atomic mass is 16.4. The molecule has 19 heavy (non-hydrogen) atoms. The molecule has 2 aromatic carbocycles. The molecule has 0 aliphatic rings. The first kappa shape index (κ1) is 12.7. The molecule has 0 saturated carbocycles. The molecule has 0 aliphatic heterocycles. The van der Waals surface area contributed by atoms with Crippen molar-refractivity contribution in [1.29, 1.82) is 0 Å². The Balaban J connectivity index is 0.000000148. The maximum atomic E-state index is 10.7. The largest absolute Gasteiger partial charge is 0.504 e. The first-order chi connectivity index (χ1) is 9.16. The molecule has 1 aromatic heterocycles. The van der Waals surface area contributed by atoms with Crippen LogP contribution in [0, 0.1) is 0 Å². The molecule has 4 heteroatoms. The van der Waals surface area contributed by atoms with Crippen molar-refractivity contribution in [3.05, 3.63) is 71.1 Å². The van der Waals surface area contributed by atoms with Gasteiger partial charge in [-0.25, -0.2) is 4.79 Å². The minimum Gasteiger partial charge on any atom is -0.504 e. The number of phenolic OH excluding ortho intramolecular Hbond substituents is 2. The highest BCUT2D eigenvalue weighted by molar-refractivity contribution is 5.75. The maximum absolute atomic E-state index is 10.7. The molecule has 1 heterocycles. The molecule has 96 valence electrons. The van der Waals surface area contributed by atoms with Gasteiger partial charge in [-0.1, -0.05) is 30.3 Å². The predicted molar refractivity (Wildman–Crippen MR) is 72.3 cm³/mol. The van der Waals surface area contributed by atoms with E-state index in [1.165, 1.54) is 18.2 Å². The minimum absolute atomic E-state index is 0.0764. The lowest BCUT2D eigenvalue weighted by Crippen LogP contribution is -1.93. The lowest BCUT2D eigenvalue weighted by Gasteiger charge is -1.91. The molecule has 2 N–H and O–H groups in total. The van der Waals surface area contributed by atoms with E-state index < -0.39 is 0 Å². The van der Waals surface area contributed by atoms with Crippen LogP contribution >= 0.6 is 0 Å². The number of hydrogen-bond donors (Lipinski definition) is 2. The Kier molecular flexibility index (Phi) is 3.83. The number of aromatic hydroxyl groups is 2. The van der Waals surface area contributed by atoms with Gasteiger partial charge in [0.2, 0.25) is 0 Å². The van der Waals surface area contributed by atoms with Crippen LogP contribution in [0.15, 0.2) is 69.9 Å². The Morgan fingerprint density at radius 1 is 0.737 bits per heavy atom. The van der Waals surface area contributed by atoms with Crippen LogP contribution in [0.3, 0.4) is 0 Å². The van der Waals surface area contributed by atoms with Crippen LogP contribution in [0.1, 0.15) is 0 Å². The van der Waals surface area contributed by atoms with Crippen molar-refractivity contribution >= 4 is 11.0 Å². The summed E-state index contributed by atoms with van der Waals surface area (Å²) in [6.07, 6.45) is 0. The molecule has 0 unspecified atom stereocenters. The summed E-state index contributed by atoms with van der Waals surface area (Å²) in [5.74, 6) is -0.153. The van der Waals surface area contributed by atoms with Crippen LogP contribution < -0.4 is 5.63 Å². The number of rotatable bonds is 0. The van der Waals surface area contributed by atoms with Crippen LogP contribution in [-0.4, -0.2) is 10.2 Å². The Labute approximate surface area is 109 Å². The van der Waals surface area contributed by atoms with Gasteiger partial charge in [-0.15, -0.1) is 0 Å². The minimum atomic E-state index is -0.302. The van der Waals surface area contributed by atoms with Gasteiger partial charge in [-0.3, -0.25) is 0 Å². The third-order valence-electron chi connectivity index (χ3n) is 2.41. The first-order valence-corrected chi connectivity index (χ1v) is 5.62. The molecule has 0 atom stereocenters. The van der Waals surface area contributed by atoms with Gasteiger partial charge in [0.25, 0.3) is 0 Å². The zero-order valence-corrected chi connectivity index (χ0v) is 9.98. The molecule has 3 aromatic rings. The number of benzene rings is 2. The summed E-state index contributed by atoms with van der Waals surface area (Å²) in [5, 5.41) is 18.3. The second-order valence-corrected chi connectivity index (χ2v) is 3.78. The fourth-order valence-corrected chi connectivity index (χ4v) is 1.48. The molecule has 0 aliphatic carbocycles. The zero-order valence-electron chi connectivity index (χ0n) is 9.98. The van der Waals surface area contributed by atoms with Crippen molar-refractivity contribution in [2.24, 2.45) is 0 Å². The standard InChI is InChI=1S/C9H6O2.C6H6O2/c10-9-6-5-7-3-1-2-4-8(7)11-9;7-5-3-1-2-4-6(5)8/h1-6H;1-4,7-8H. The predicted octanol–water partition coefficient (Wildman–Crippen LogP) is 2.89. The molecule has 0 spiro atoms. The van der Waals surface area contributed by atoms with Gasteiger partial charge < -0.3 is 14.6 Å². The monoisotopic (exact) mass is 256 g/mol. The fourth-order valence-electron chi connectivity index (χ4n) is 1.48. The summed E-state index contributed by atoms with van der Waals surface area (Å²) in [5.41, 5.74) is 0.337. The summed E-state index contributed by atoms with van der Waals surface area (Å²) < 4.78 is 4.91. The third-order valence-corrected chi connectivity index (χ3v) is 2.41. The van der Waals surface area contributed by atoms with Gasteiger partial charge in [-0.05, 0) is 24.3 Å². The Morgan fingerprint density at radius 2 is 1.32 bits per heavy atom. The second-order valence-electron chi connectivity index (χ2n) is 3.78. The number of phenols is 2. The lowest BCUT2D eigenvalue weighted by molar-refractivity contribution is 0.404. The molecule has 4 nitrogen and oxygen atoms in total. The third kappa shape index (κ3) is 3.35. The smallest absolute Gasteiger partial charge is 0.336 e. The first-order valence-electron chi connectivity index (χ1n) is 5.62. The van der Waals surface area contributed by atoms with E-state index in [-0.39, 0.29) is 17.1 Å². The molecule has 0 amide bonds. The van der Waals surface area contributed by atoms with Crippen LogP contribution in [0.25, 0.3) is 11.0 Å². The Morgan fingerprint density at radius 3 is 1.95 bits per heavy atom. The molecular weight excluding hydrogens is 244 g/mol. The fraction of sp³-hybridized carbons (Fsp3) is 0. The number of para-hydroxylation sites is 3. The van der Waals surface area contributed by atoms with E-state index >= 15 is 0 Å². The van der Waals surface area contributed by atoms with Crippen molar-refractivity contribution < 1.29 is 14.6 Å². The van der Waals surface area contributed by atoms with Gasteiger partial charge in [0, 0.05) is 11.5 Å². The van der Waals surface area contributed by atoms with E-state index in [1.807, 2.05) is 18.2 Å². The topological polar surface area (TPSA) is 70.7 Å². The Hall–Kier alpha value is -2.75. The molecule has 0 radical (unpaired) electrons. The van der Waals surface area contributed by atoms with E-state index in [0.717, 1.165) is 5.39 Å². The summed E-state index contributed by atoms with van der Waals surface area (Å²) in [7, 11) is 0. The average molecular weight is 256 g/mol. The number of fused-ring (bicyclic) bond motifs is 1. The van der Waals surface area contributed by atoms with Crippen molar-refractivity contribution in [1.82, 2.24) is 0 Å². The summed E-state index contributed by atoms with van der Waals surface area (Å²) in [6, 6.07) is 16.7. The van der Waals surface area contributed by atoms with Crippen molar-refractivity contribution in [2.75, 3.05) is 0 Å². The van der Waals surface area contributed by atoms with Crippen LogP contribution in [0.2, 0.25) is 0 Å². The second kappa shape index (κ2) is 5.73. The highest BCUT2D eigenvalue weighted by Gasteiger charge is 1.92. The van der Waals surface area contributed by atoms with Gasteiger partial charge in [-0.2, -0.15) is 0 Å². The maximum Gasteiger partial charge on any atom is 0.336 e. The van der Waals surface area contributed by atoms with Crippen LogP contribution in [0.5, 0.6) is 11.5 Å². The normalized spacial score (nSPS) is 9.68. The van der Waals surface area contributed by atoms with Gasteiger partial charge >= 0.3 is 5.63 Å². The molecular formula is C15H12O4. The highest BCUT2D eigenvalue weighted by Crippen LogP contribution is 2.21. The van der Waals surface area contributed by atoms with Gasteiger partial charge in [0.15, 0.2) is 11.5 Å². The lowest BCUT2D eigenvalue weighted by atomic mass is 10.2. The van der Waals surface area contributed by atoms with E-state index in [2.05, 4.69) is 0 Å². The quantitative estimate of drug-likeness (QED) is 0.479. The molecule has 3 rings (SSSR count). The molecule has 0 bridgehead atoms. The van der Waals surface area contributed by atoms with Crippen LogP contribution in [0.4, 0.5) is 0 Å². The van der Waals surface area contributed by atoms with Crippen LogP contribution in [-0.2, 0) is 0 Å². The van der Waals surface area contributed by atoms with E-state index in [1.54, 1.807) is 24.3 Å². The van der Waals surface area contributed by atoms with Gasteiger partial charge in [0.1, 0.15) is 5.58 Å². The molecule has 0 fully saturated rings. The van der Waals surface area contributed by atoms with Crippen molar-refractivity contribution in [3.8, 4) is 11.5 Å². The Bertz CT molecular complexity index is 710. The zero-order chi connectivity index (χ0) is 13.7. The molecule has 0 saturated heterocycles. The van der Waals surface area contributed by atoms with Crippen molar-refractivity contribution in [3.63, 3.8) is 0 Å². The number of hydrogen-bond acceptors (Lipinski definition) is 4. The summed E-state index contributed by atoms with van der Waals surface area (Å²) in [6.45, 7) is 0. The van der Waals surface area contributed by atoms with Gasteiger partial charge in [0.05, 0.1) is 0 Å². The van der Waals surface area contributed by atoms with E-state index in [4.69, 9.17) is 14.6 Å². The van der Waals surface area contributed by atoms with E-state index in [0.29, 0.717) is 5.58 Å².